The lowest BCUT2D eigenvalue weighted by Crippen LogP contribution is -1.95. The Kier molecular flexibility index (Phi) is 3.16. The normalized spacial score (nSPS) is 10.8. The Labute approximate surface area is 132 Å². The van der Waals surface area contributed by atoms with Gasteiger partial charge in [-0.1, -0.05) is 17.3 Å². The van der Waals surface area contributed by atoms with Crippen molar-refractivity contribution in [2.75, 3.05) is 5.32 Å². The number of aryl methyl sites for hydroxylation is 1. The minimum atomic E-state index is 0.614. The third kappa shape index (κ3) is 2.71. The largest absolute Gasteiger partial charge is 0.340 e. The third-order valence-electron chi connectivity index (χ3n) is 3.37. The molecule has 23 heavy (non-hydrogen) atoms. The Morgan fingerprint density at radius 2 is 1.96 bits per heavy atom. The first-order chi connectivity index (χ1) is 11.3. The van der Waals surface area contributed by atoms with Crippen molar-refractivity contribution in [1.82, 2.24) is 29.9 Å². The summed E-state index contributed by atoms with van der Waals surface area (Å²) in [6.45, 7) is 0. The number of nitrogens with zero attached hydrogens (tertiary/aromatic N) is 6. The number of anilines is 2. The maximum atomic E-state index is 4.46. The van der Waals surface area contributed by atoms with Crippen molar-refractivity contribution in [3.8, 4) is 11.3 Å². The van der Waals surface area contributed by atoms with Crippen molar-refractivity contribution in [3.05, 3.63) is 55.0 Å². The Balaban J connectivity index is 1.65. The molecule has 0 amide bonds. The molecule has 1 N–H and O–H groups in total. The van der Waals surface area contributed by atoms with Gasteiger partial charge in [0.05, 0.1) is 6.20 Å². The van der Waals surface area contributed by atoms with E-state index in [9.17, 15) is 0 Å². The third-order valence-corrected chi connectivity index (χ3v) is 3.37. The molecular formula is C16H13N7. The zero-order chi connectivity index (χ0) is 15.6. The van der Waals surface area contributed by atoms with Gasteiger partial charge in [0.2, 0.25) is 0 Å². The molecule has 0 unspecified atom stereocenters. The lowest BCUT2D eigenvalue weighted by molar-refractivity contribution is 0.715. The highest BCUT2D eigenvalue weighted by molar-refractivity contribution is 5.74. The van der Waals surface area contributed by atoms with Crippen molar-refractivity contribution >= 4 is 22.7 Å². The molecular weight excluding hydrogens is 290 g/mol. The molecule has 0 aliphatic rings. The molecule has 7 heteroatoms. The van der Waals surface area contributed by atoms with Crippen LogP contribution >= 0.6 is 0 Å². The molecule has 0 saturated heterocycles. The SMILES string of the molecule is Cn1cc(-c2cccc(Nc3ccc4nccnc4n3)c2)nn1. The van der Waals surface area contributed by atoms with Crippen molar-refractivity contribution in [3.63, 3.8) is 0 Å². The molecule has 4 rings (SSSR count). The average Bonchev–Trinajstić information content (AvgIpc) is 3.02. The lowest BCUT2D eigenvalue weighted by Gasteiger charge is -2.07. The van der Waals surface area contributed by atoms with Crippen LogP contribution in [0.1, 0.15) is 0 Å². The molecule has 0 aliphatic heterocycles. The smallest absolute Gasteiger partial charge is 0.180 e. The topological polar surface area (TPSA) is 81.4 Å². The summed E-state index contributed by atoms with van der Waals surface area (Å²) in [4.78, 5) is 12.9. The van der Waals surface area contributed by atoms with E-state index in [0.717, 1.165) is 22.5 Å². The predicted molar refractivity (Wildman–Crippen MR) is 87.1 cm³/mol. The summed E-state index contributed by atoms with van der Waals surface area (Å²) in [5, 5.41) is 11.4. The van der Waals surface area contributed by atoms with Gasteiger partial charge in [-0.15, -0.1) is 5.10 Å². The summed E-state index contributed by atoms with van der Waals surface area (Å²) in [5.41, 5.74) is 4.12. The molecule has 3 aromatic heterocycles. The van der Waals surface area contributed by atoms with Gasteiger partial charge in [0.1, 0.15) is 17.0 Å². The quantitative estimate of drug-likeness (QED) is 0.626. The van der Waals surface area contributed by atoms with Crippen molar-refractivity contribution in [2.24, 2.45) is 7.05 Å². The van der Waals surface area contributed by atoms with Crippen molar-refractivity contribution in [2.45, 2.75) is 0 Å². The Hall–Kier alpha value is -3.35. The van der Waals surface area contributed by atoms with Crippen molar-refractivity contribution < 1.29 is 0 Å². The summed E-state index contributed by atoms with van der Waals surface area (Å²) >= 11 is 0. The maximum Gasteiger partial charge on any atom is 0.180 e. The van der Waals surface area contributed by atoms with Crippen LogP contribution in [0, 0.1) is 0 Å². The number of fused-ring (bicyclic) bond motifs is 1. The van der Waals surface area contributed by atoms with Crippen LogP contribution in [-0.4, -0.2) is 29.9 Å². The fraction of sp³-hybridized carbons (Fsp3) is 0.0625. The first-order valence-electron chi connectivity index (χ1n) is 7.09. The van der Waals surface area contributed by atoms with Crippen molar-refractivity contribution in [1.29, 1.82) is 0 Å². The van der Waals surface area contributed by atoms with Gasteiger partial charge >= 0.3 is 0 Å². The second-order valence-electron chi connectivity index (χ2n) is 5.08. The molecule has 0 saturated carbocycles. The Morgan fingerprint density at radius 3 is 2.83 bits per heavy atom. The molecule has 1 aromatic carbocycles. The van der Waals surface area contributed by atoms with Gasteiger partial charge in [0, 0.05) is 30.7 Å². The minimum absolute atomic E-state index is 0.614. The standard InChI is InChI=1S/C16H13N7/c1-23-10-14(21-22-23)11-3-2-4-12(9-11)19-15-6-5-13-16(20-15)18-8-7-17-13/h2-10H,1H3,(H,18,19,20). The molecule has 7 nitrogen and oxygen atoms in total. The first kappa shape index (κ1) is 13.3. The highest BCUT2D eigenvalue weighted by Crippen LogP contribution is 2.23. The number of hydrogen-bond acceptors (Lipinski definition) is 6. The van der Waals surface area contributed by atoms with E-state index in [-0.39, 0.29) is 0 Å². The van der Waals surface area contributed by atoms with Crippen LogP contribution in [0.15, 0.2) is 55.0 Å². The monoisotopic (exact) mass is 303 g/mol. The second kappa shape index (κ2) is 5.45. The fourth-order valence-electron chi connectivity index (χ4n) is 2.31. The van der Waals surface area contributed by atoms with Gasteiger partial charge in [-0.05, 0) is 24.3 Å². The van der Waals surface area contributed by atoms with Gasteiger partial charge in [-0.2, -0.15) is 0 Å². The molecule has 0 radical (unpaired) electrons. The highest BCUT2D eigenvalue weighted by Gasteiger charge is 2.05. The molecule has 0 fully saturated rings. The molecule has 0 spiro atoms. The molecule has 0 bridgehead atoms. The summed E-state index contributed by atoms with van der Waals surface area (Å²) in [5.74, 6) is 0.717. The zero-order valence-corrected chi connectivity index (χ0v) is 12.4. The highest BCUT2D eigenvalue weighted by atomic mass is 15.4. The minimum Gasteiger partial charge on any atom is -0.340 e. The average molecular weight is 303 g/mol. The van der Waals surface area contributed by atoms with Gasteiger partial charge < -0.3 is 5.32 Å². The fourth-order valence-corrected chi connectivity index (χ4v) is 2.31. The van der Waals surface area contributed by atoms with E-state index in [2.05, 4.69) is 30.6 Å². The number of pyridine rings is 1. The number of hydrogen-bond donors (Lipinski definition) is 1. The van der Waals surface area contributed by atoms with E-state index in [1.54, 1.807) is 17.1 Å². The number of rotatable bonds is 3. The molecule has 4 aromatic rings. The first-order valence-corrected chi connectivity index (χ1v) is 7.09. The van der Waals surface area contributed by atoms with Gasteiger partial charge in [0.15, 0.2) is 5.65 Å². The number of benzene rings is 1. The van der Waals surface area contributed by atoms with Crippen LogP contribution in [0.3, 0.4) is 0 Å². The van der Waals surface area contributed by atoms with Crippen LogP contribution in [0.2, 0.25) is 0 Å². The van der Waals surface area contributed by atoms with E-state index < -0.39 is 0 Å². The van der Waals surface area contributed by atoms with E-state index in [4.69, 9.17) is 0 Å². The van der Waals surface area contributed by atoms with E-state index in [1.165, 1.54) is 0 Å². The zero-order valence-electron chi connectivity index (χ0n) is 12.4. The maximum absolute atomic E-state index is 4.46. The molecule has 0 atom stereocenters. The Morgan fingerprint density at radius 1 is 1.04 bits per heavy atom. The summed E-state index contributed by atoms with van der Waals surface area (Å²) in [6.07, 6.45) is 5.16. The molecule has 3 heterocycles. The summed E-state index contributed by atoms with van der Waals surface area (Å²) in [6, 6.07) is 11.7. The van der Waals surface area contributed by atoms with Crippen LogP contribution in [0.5, 0.6) is 0 Å². The van der Waals surface area contributed by atoms with Crippen LogP contribution in [0.25, 0.3) is 22.4 Å². The van der Waals surface area contributed by atoms with E-state index in [1.807, 2.05) is 49.6 Å². The molecule has 112 valence electrons. The number of nitrogens with one attached hydrogen (secondary N) is 1. The van der Waals surface area contributed by atoms with E-state index >= 15 is 0 Å². The molecule has 0 aliphatic carbocycles. The van der Waals surface area contributed by atoms with Crippen LogP contribution in [0.4, 0.5) is 11.5 Å². The predicted octanol–water partition coefficient (Wildman–Crippen LogP) is 2.56. The van der Waals surface area contributed by atoms with E-state index in [0.29, 0.717) is 11.5 Å². The van der Waals surface area contributed by atoms with Gasteiger partial charge in [-0.25, -0.2) is 9.97 Å². The Bertz CT molecular complexity index is 977. The number of aromatic nitrogens is 6. The lowest BCUT2D eigenvalue weighted by atomic mass is 10.1. The second-order valence-corrected chi connectivity index (χ2v) is 5.08. The summed E-state index contributed by atoms with van der Waals surface area (Å²) < 4.78 is 1.68. The van der Waals surface area contributed by atoms with Crippen LogP contribution < -0.4 is 5.32 Å². The van der Waals surface area contributed by atoms with Crippen LogP contribution in [-0.2, 0) is 7.05 Å². The van der Waals surface area contributed by atoms with Gasteiger partial charge in [0.25, 0.3) is 0 Å². The van der Waals surface area contributed by atoms with Gasteiger partial charge in [-0.3, -0.25) is 9.67 Å². The summed E-state index contributed by atoms with van der Waals surface area (Å²) in [7, 11) is 1.85.